The highest BCUT2D eigenvalue weighted by Crippen LogP contribution is 2.19. The quantitative estimate of drug-likeness (QED) is 0.763. The maximum absolute atomic E-state index is 9.03. The third-order valence-corrected chi connectivity index (χ3v) is 2.36. The fraction of sp³-hybridized carbons (Fsp3) is 0.0769. The monoisotopic (exact) mass is 209 g/mol. The lowest BCUT2D eigenvalue weighted by atomic mass is 10.1. The number of nitrogens with zero attached hydrogens (tertiary/aromatic N) is 3. The van der Waals surface area contributed by atoms with Crippen molar-refractivity contribution in [1.82, 2.24) is 9.78 Å². The highest BCUT2D eigenvalue weighted by atomic mass is 15.3. The van der Waals surface area contributed by atoms with Gasteiger partial charge in [-0.25, -0.2) is 4.68 Å². The summed E-state index contributed by atoms with van der Waals surface area (Å²) in [6.45, 7) is 5.83. The Labute approximate surface area is 94.3 Å². The fourth-order valence-corrected chi connectivity index (χ4v) is 1.49. The minimum absolute atomic E-state index is 0.605. The predicted molar refractivity (Wildman–Crippen MR) is 63.0 cm³/mol. The van der Waals surface area contributed by atoms with Crippen LogP contribution in [-0.2, 0) is 0 Å². The van der Waals surface area contributed by atoms with Crippen LogP contribution in [0, 0.1) is 11.3 Å². The van der Waals surface area contributed by atoms with Crippen molar-refractivity contribution in [3.05, 3.63) is 54.4 Å². The van der Waals surface area contributed by atoms with Gasteiger partial charge >= 0.3 is 0 Å². The molecule has 0 amide bonds. The molecule has 0 atom stereocenters. The molecule has 1 aromatic heterocycles. The zero-order valence-corrected chi connectivity index (χ0v) is 9.01. The second-order valence-corrected chi connectivity index (χ2v) is 3.57. The van der Waals surface area contributed by atoms with Crippen LogP contribution in [0.4, 0.5) is 0 Å². The Morgan fingerprint density at radius 3 is 2.88 bits per heavy atom. The summed E-state index contributed by atoms with van der Waals surface area (Å²) in [5.41, 5.74) is 3.38. The summed E-state index contributed by atoms with van der Waals surface area (Å²) < 4.78 is 1.69. The first-order valence-corrected chi connectivity index (χ1v) is 4.92. The minimum atomic E-state index is 0.605. The summed E-state index contributed by atoms with van der Waals surface area (Å²) in [4.78, 5) is 0. The second-order valence-electron chi connectivity index (χ2n) is 3.57. The Morgan fingerprint density at radius 2 is 2.31 bits per heavy atom. The van der Waals surface area contributed by atoms with E-state index in [2.05, 4.69) is 17.7 Å². The summed E-state index contributed by atoms with van der Waals surface area (Å²) in [5.74, 6) is 0. The van der Waals surface area contributed by atoms with Crippen LogP contribution in [-0.4, -0.2) is 9.78 Å². The van der Waals surface area contributed by atoms with Gasteiger partial charge in [0, 0.05) is 12.4 Å². The van der Waals surface area contributed by atoms with Crippen LogP contribution >= 0.6 is 0 Å². The first kappa shape index (κ1) is 10.2. The molecule has 0 aliphatic heterocycles. The van der Waals surface area contributed by atoms with Crippen LogP contribution < -0.4 is 0 Å². The standard InChI is InChI=1S/C13H11N3/c1-10(2)11-4-5-12(9-14)13(8-11)16-7-3-6-15-16/h3-8H,1H2,2H3. The summed E-state index contributed by atoms with van der Waals surface area (Å²) in [6, 6.07) is 9.60. The average Bonchev–Trinajstić information content (AvgIpc) is 2.81. The lowest BCUT2D eigenvalue weighted by Crippen LogP contribution is -1.98. The Morgan fingerprint density at radius 1 is 1.50 bits per heavy atom. The largest absolute Gasteiger partial charge is 0.240 e. The van der Waals surface area contributed by atoms with Gasteiger partial charge in [-0.05, 0) is 30.7 Å². The molecular formula is C13H11N3. The van der Waals surface area contributed by atoms with Crippen LogP contribution in [0.1, 0.15) is 18.1 Å². The van der Waals surface area contributed by atoms with Gasteiger partial charge in [-0.1, -0.05) is 18.2 Å². The van der Waals surface area contributed by atoms with Gasteiger partial charge in [0.25, 0.3) is 0 Å². The van der Waals surface area contributed by atoms with Crippen molar-refractivity contribution in [2.45, 2.75) is 6.92 Å². The highest BCUT2D eigenvalue weighted by molar-refractivity contribution is 5.66. The van der Waals surface area contributed by atoms with E-state index >= 15 is 0 Å². The molecule has 78 valence electrons. The van der Waals surface area contributed by atoms with Crippen LogP contribution in [0.25, 0.3) is 11.3 Å². The van der Waals surface area contributed by atoms with Gasteiger partial charge in [0.15, 0.2) is 0 Å². The average molecular weight is 209 g/mol. The molecular weight excluding hydrogens is 198 g/mol. The Bertz CT molecular complexity index is 559. The van der Waals surface area contributed by atoms with Gasteiger partial charge in [-0.15, -0.1) is 0 Å². The van der Waals surface area contributed by atoms with Gasteiger partial charge in [-0.2, -0.15) is 10.4 Å². The fourth-order valence-electron chi connectivity index (χ4n) is 1.49. The third-order valence-electron chi connectivity index (χ3n) is 2.36. The van der Waals surface area contributed by atoms with Gasteiger partial charge in [0.1, 0.15) is 6.07 Å². The van der Waals surface area contributed by atoms with E-state index in [9.17, 15) is 0 Å². The van der Waals surface area contributed by atoms with Crippen molar-refractivity contribution < 1.29 is 0 Å². The van der Waals surface area contributed by atoms with Crippen molar-refractivity contribution in [2.75, 3.05) is 0 Å². The summed E-state index contributed by atoms with van der Waals surface area (Å²) in [7, 11) is 0. The third kappa shape index (κ3) is 1.73. The molecule has 0 radical (unpaired) electrons. The SMILES string of the molecule is C=C(C)c1ccc(C#N)c(-n2cccn2)c1. The van der Waals surface area contributed by atoms with E-state index in [-0.39, 0.29) is 0 Å². The van der Waals surface area contributed by atoms with Crippen LogP contribution in [0.3, 0.4) is 0 Å². The second kappa shape index (κ2) is 4.03. The first-order chi connectivity index (χ1) is 7.72. The lowest BCUT2D eigenvalue weighted by Gasteiger charge is -2.07. The zero-order valence-electron chi connectivity index (χ0n) is 9.01. The number of hydrogen-bond donors (Lipinski definition) is 0. The number of aromatic nitrogens is 2. The van der Waals surface area contributed by atoms with Crippen LogP contribution in [0.5, 0.6) is 0 Å². The van der Waals surface area contributed by atoms with Crippen molar-refractivity contribution in [3.63, 3.8) is 0 Å². The van der Waals surface area contributed by atoms with Crippen molar-refractivity contribution in [3.8, 4) is 11.8 Å². The molecule has 1 heterocycles. The predicted octanol–water partition coefficient (Wildman–Crippen LogP) is 2.78. The van der Waals surface area contributed by atoms with Crippen molar-refractivity contribution >= 4 is 5.57 Å². The molecule has 0 aliphatic rings. The summed E-state index contributed by atoms with van der Waals surface area (Å²) in [5, 5.41) is 13.2. The van der Waals surface area contributed by atoms with Gasteiger partial charge in [-0.3, -0.25) is 0 Å². The lowest BCUT2D eigenvalue weighted by molar-refractivity contribution is 0.877. The smallest absolute Gasteiger partial charge is 0.101 e. The molecule has 2 rings (SSSR count). The molecule has 0 bridgehead atoms. The van der Waals surface area contributed by atoms with E-state index in [0.29, 0.717) is 5.56 Å². The van der Waals surface area contributed by atoms with Crippen LogP contribution in [0.15, 0.2) is 43.2 Å². The van der Waals surface area contributed by atoms with E-state index in [1.807, 2.05) is 31.3 Å². The molecule has 0 aliphatic carbocycles. The van der Waals surface area contributed by atoms with E-state index in [0.717, 1.165) is 16.8 Å². The first-order valence-electron chi connectivity index (χ1n) is 4.92. The Balaban J connectivity index is 2.62. The summed E-state index contributed by atoms with van der Waals surface area (Å²) >= 11 is 0. The number of nitriles is 1. The van der Waals surface area contributed by atoms with Gasteiger partial charge in [0.2, 0.25) is 0 Å². The number of hydrogen-bond acceptors (Lipinski definition) is 2. The van der Waals surface area contributed by atoms with E-state index < -0.39 is 0 Å². The Hall–Kier alpha value is -2.34. The molecule has 0 N–H and O–H groups in total. The molecule has 16 heavy (non-hydrogen) atoms. The maximum atomic E-state index is 9.03. The molecule has 0 saturated heterocycles. The zero-order chi connectivity index (χ0) is 11.5. The highest BCUT2D eigenvalue weighted by Gasteiger charge is 2.06. The number of allylic oxidation sites excluding steroid dienone is 1. The molecule has 3 heteroatoms. The number of rotatable bonds is 2. The van der Waals surface area contributed by atoms with Crippen molar-refractivity contribution in [1.29, 1.82) is 5.26 Å². The topological polar surface area (TPSA) is 41.6 Å². The minimum Gasteiger partial charge on any atom is -0.240 e. The summed E-state index contributed by atoms with van der Waals surface area (Å²) in [6.07, 6.45) is 3.51. The molecule has 0 saturated carbocycles. The van der Waals surface area contributed by atoms with E-state index in [4.69, 9.17) is 5.26 Å². The number of benzene rings is 1. The molecule has 0 unspecified atom stereocenters. The van der Waals surface area contributed by atoms with E-state index in [1.54, 1.807) is 16.9 Å². The molecule has 3 nitrogen and oxygen atoms in total. The normalized spacial score (nSPS) is 9.75. The van der Waals surface area contributed by atoms with Crippen molar-refractivity contribution in [2.24, 2.45) is 0 Å². The van der Waals surface area contributed by atoms with Crippen LogP contribution in [0.2, 0.25) is 0 Å². The molecule has 2 aromatic rings. The molecule has 0 spiro atoms. The van der Waals surface area contributed by atoms with Gasteiger partial charge in [0.05, 0.1) is 11.3 Å². The van der Waals surface area contributed by atoms with Gasteiger partial charge < -0.3 is 0 Å². The molecule has 1 aromatic carbocycles. The molecule has 0 fully saturated rings. The maximum Gasteiger partial charge on any atom is 0.101 e. The van der Waals surface area contributed by atoms with E-state index in [1.165, 1.54) is 0 Å². The Kier molecular flexibility index (Phi) is 2.57.